The molecule has 0 atom stereocenters. The van der Waals surface area contributed by atoms with Crippen molar-refractivity contribution in [1.82, 2.24) is 4.57 Å². The van der Waals surface area contributed by atoms with E-state index in [-0.39, 0.29) is 18.0 Å². The molecule has 3 aromatic carbocycles. The number of carbonyl (C=O) groups is 2. The van der Waals surface area contributed by atoms with Crippen molar-refractivity contribution in [1.29, 1.82) is 0 Å². The molecule has 0 bridgehead atoms. The summed E-state index contributed by atoms with van der Waals surface area (Å²) in [6.45, 7) is 4.04. The number of pyridine rings is 1. The normalized spacial score (nSPS) is 10.7. The lowest BCUT2D eigenvalue weighted by atomic mass is 10.0. The lowest BCUT2D eigenvalue weighted by Gasteiger charge is -2.16. The number of ether oxygens (including phenoxy) is 3. The first-order valence-electron chi connectivity index (χ1n) is 11.8. The average molecular weight is 501 g/mol. The van der Waals surface area contributed by atoms with E-state index in [1.54, 1.807) is 60.2 Å². The van der Waals surface area contributed by atoms with Crippen LogP contribution in [-0.2, 0) is 11.3 Å². The number of aryl methyl sites for hydroxylation is 1. The number of fused-ring (bicyclic) bond motifs is 1. The molecule has 0 unspecified atom stereocenters. The summed E-state index contributed by atoms with van der Waals surface area (Å²) in [5, 5.41) is 3.12. The number of nitrogens with one attached hydrogen (secondary N) is 1. The van der Waals surface area contributed by atoms with Crippen LogP contribution in [0.2, 0.25) is 0 Å². The van der Waals surface area contributed by atoms with E-state index in [0.717, 1.165) is 5.56 Å². The lowest BCUT2D eigenvalue weighted by molar-refractivity contribution is -0.116. The number of rotatable bonds is 9. The maximum Gasteiger partial charge on any atom is 0.244 e. The van der Waals surface area contributed by atoms with E-state index in [2.05, 4.69) is 5.32 Å². The fourth-order valence-corrected chi connectivity index (χ4v) is 4.03. The van der Waals surface area contributed by atoms with E-state index in [1.807, 2.05) is 26.0 Å². The summed E-state index contributed by atoms with van der Waals surface area (Å²) >= 11 is 0. The standard InChI is InChI=1S/C29H28N2O6/c1-5-37-21-11-13-25-22(14-21)29(34)23(28(33)19-8-6-18(2)7-9-19)16-31(25)17-27(32)30-24-12-10-20(35-3)15-26(24)36-4/h6-16H,5,17H2,1-4H3,(H,30,32). The predicted molar refractivity (Wildman–Crippen MR) is 142 cm³/mol. The van der Waals surface area contributed by atoms with Gasteiger partial charge in [-0.25, -0.2) is 0 Å². The second-order valence-electron chi connectivity index (χ2n) is 8.42. The summed E-state index contributed by atoms with van der Waals surface area (Å²) in [6, 6.07) is 17.1. The molecule has 1 heterocycles. The number of ketones is 1. The SMILES string of the molecule is CCOc1ccc2c(c1)c(=O)c(C(=O)c1ccc(C)cc1)cn2CC(=O)Nc1ccc(OC)cc1OC. The second kappa shape index (κ2) is 11.0. The number of anilines is 1. The Balaban J connectivity index is 1.76. The fourth-order valence-electron chi connectivity index (χ4n) is 4.03. The zero-order chi connectivity index (χ0) is 26.5. The van der Waals surface area contributed by atoms with Crippen LogP contribution in [0.4, 0.5) is 5.69 Å². The van der Waals surface area contributed by atoms with Gasteiger partial charge in [-0.05, 0) is 44.2 Å². The maximum absolute atomic E-state index is 13.4. The molecule has 8 nitrogen and oxygen atoms in total. The largest absolute Gasteiger partial charge is 0.497 e. The van der Waals surface area contributed by atoms with Crippen LogP contribution < -0.4 is 25.0 Å². The second-order valence-corrected chi connectivity index (χ2v) is 8.42. The number of aromatic nitrogens is 1. The van der Waals surface area contributed by atoms with Gasteiger partial charge in [-0.15, -0.1) is 0 Å². The Morgan fingerprint density at radius 1 is 0.919 bits per heavy atom. The Morgan fingerprint density at radius 2 is 1.65 bits per heavy atom. The van der Waals surface area contributed by atoms with E-state index >= 15 is 0 Å². The van der Waals surface area contributed by atoms with Crippen molar-refractivity contribution < 1.29 is 23.8 Å². The van der Waals surface area contributed by atoms with Crippen LogP contribution in [0.15, 0.2) is 71.7 Å². The molecule has 1 N–H and O–H groups in total. The molecule has 0 saturated carbocycles. The highest BCUT2D eigenvalue weighted by molar-refractivity contribution is 6.10. The third-order valence-corrected chi connectivity index (χ3v) is 5.92. The molecule has 4 aromatic rings. The summed E-state index contributed by atoms with van der Waals surface area (Å²) in [7, 11) is 3.04. The van der Waals surface area contributed by atoms with Gasteiger partial charge in [0.1, 0.15) is 23.8 Å². The Labute approximate surface area is 214 Å². The van der Waals surface area contributed by atoms with Gasteiger partial charge in [0.25, 0.3) is 0 Å². The molecule has 0 spiro atoms. The Bertz CT molecular complexity index is 1520. The van der Waals surface area contributed by atoms with Gasteiger partial charge in [-0.1, -0.05) is 29.8 Å². The van der Waals surface area contributed by atoms with Crippen molar-refractivity contribution >= 4 is 28.3 Å². The molecule has 1 amide bonds. The van der Waals surface area contributed by atoms with E-state index in [0.29, 0.717) is 46.0 Å². The summed E-state index contributed by atoms with van der Waals surface area (Å²) in [6.07, 6.45) is 1.44. The lowest BCUT2D eigenvalue weighted by Crippen LogP contribution is -2.24. The van der Waals surface area contributed by atoms with Crippen LogP contribution in [0.1, 0.15) is 28.4 Å². The highest BCUT2D eigenvalue weighted by Gasteiger charge is 2.19. The molecule has 8 heteroatoms. The topological polar surface area (TPSA) is 95.9 Å². The van der Waals surface area contributed by atoms with Gasteiger partial charge in [-0.2, -0.15) is 0 Å². The number of nitrogens with zero attached hydrogens (tertiary/aromatic N) is 1. The average Bonchev–Trinajstić information content (AvgIpc) is 2.90. The summed E-state index contributed by atoms with van der Waals surface area (Å²) in [4.78, 5) is 39.8. The Hall–Kier alpha value is -4.59. The first kappa shape index (κ1) is 25.5. The molecule has 0 saturated heterocycles. The molecule has 0 aliphatic heterocycles. The monoisotopic (exact) mass is 500 g/mol. The smallest absolute Gasteiger partial charge is 0.244 e. The van der Waals surface area contributed by atoms with Gasteiger partial charge in [0, 0.05) is 17.8 Å². The number of methoxy groups -OCH3 is 2. The van der Waals surface area contributed by atoms with Crippen molar-refractivity contribution in [3.8, 4) is 17.2 Å². The highest BCUT2D eigenvalue weighted by atomic mass is 16.5. The fraction of sp³-hybridized carbons (Fsp3) is 0.207. The molecule has 190 valence electrons. The van der Waals surface area contributed by atoms with Crippen molar-refractivity contribution in [2.24, 2.45) is 0 Å². The molecule has 0 fully saturated rings. The first-order chi connectivity index (χ1) is 17.8. The van der Waals surface area contributed by atoms with E-state index < -0.39 is 11.2 Å². The molecule has 1 aromatic heterocycles. The number of carbonyl (C=O) groups excluding carboxylic acids is 2. The zero-order valence-corrected chi connectivity index (χ0v) is 21.2. The third kappa shape index (κ3) is 5.48. The number of hydrogen-bond donors (Lipinski definition) is 1. The Morgan fingerprint density at radius 3 is 2.32 bits per heavy atom. The van der Waals surface area contributed by atoms with Crippen molar-refractivity contribution in [3.05, 3.63) is 93.8 Å². The van der Waals surface area contributed by atoms with Crippen molar-refractivity contribution in [2.45, 2.75) is 20.4 Å². The maximum atomic E-state index is 13.4. The van der Waals surface area contributed by atoms with Gasteiger partial charge in [0.2, 0.25) is 11.3 Å². The summed E-state index contributed by atoms with van der Waals surface area (Å²) in [5.74, 6) is 0.751. The molecular weight excluding hydrogens is 472 g/mol. The van der Waals surface area contributed by atoms with Crippen LogP contribution >= 0.6 is 0 Å². The molecule has 4 rings (SSSR count). The molecule has 37 heavy (non-hydrogen) atoms. The van der Waals surface area contributed by atoms with E-state index in [4.69, 9.17) is 14.2 Å². The quantitative estimate of drug-likeness (QED) is 0.338. The molecule has 0 radical (unpaired) electrons. The van der Waals surface area contributed by atoms with Crippen LogP contribution in [0.5, 0.6) is 17.2 Å². The number of benzene rings is 3. The summed E-state index contributed by atoms with van der Waals surface area (Å²) in [5.41, 5.74) is 1.91. The van der Waals surface area contributed by atoms with Crippen molar-refractivity contribution in [3.63, 3.8) is 0 Å². The number of amides is 1. The van der Waals surface area contributed by atoms with Gasteiger partial charge in [-0.3, -0.25) is 14.4 Å². The van der Waals surface area contributed by atoms with E-state index in [1.165, 1.54) is 13.3 Å². The molecule has 0 aliphatic rings. The van der Waals surface area contributed by atoms with E-state index in [9.17, 15) is 14.4 Å². The number of hydrogen-bond acceptors (Lipinski definition) is 6. The van der Waals surface area contributed by atoms with Crippen LogP contribution in [0, 0.1) is 6.92 Å². The third-order valence-electron chi connectivity index (χ3n) is 5.92. The van der Waals surface area contributed by atoms with Gasteiger partial charge >= 0.3 is 0 Å². The van der Waals surface area contributed by atoms with Gasteiger partial charge in [0.05, 0.1) is 43.0 Å². The predicted octanol–water partition coefficient (Wildman–Crippen LogP) is 4.60. The Kier molecular flexibility index (Phi) is 7.57. The zero-order valence-electron chi connectivity index (χ0n) is 21.2. The summed E-state index contributed by atoms with van der Waals surface area (Å²) < 4.78 is 17.7. The minimum Gasteiger partial charge on any atom is -0.497 e. The first-order valence-corrected chi connectivity index (χ1v) is 11.8. The minimum absolute atomic E-state index is 0.0279. The minimum atomic E-state index is -0.421. The molecule has 0 aliphatic carbocycles. The van der Waals surface area contributed by atoms with Gasteiger partial charge in [0.15, 0.2) is 5.78 Å². The highest BCUT2D eigenvalue weighted by Crippen LogP contribution is 2.29. The van der Waals surface area contributed by atoms with Gasteiger partial charge < -0.3 is 24.1 Å². The van der Waals surface area contributed by atoms with Crippen LogP contribution in [0.3, 0.4) is 0 Å². The van der Waals surface area contributed by atoms with Crippen LogP contribution in [-0.4, -0.2) is 37.1 Å². The van der Waals surface area contributed by atoms with Crippen molar-refractivity contribution in [2.75, 3.05) is 26.1 Å². The van der Waals surface area contributed by atoms with Crippen LogP contribution in [0.25, 0.3) is 10.9 Å². The molecular formula is C29H28N2O6.